The lowest BCUT2D eigenvalue weighted by Crippen LogP contribution is -2.44. The maximum absolute atomic E-state index is 12.7. The smallest absolute Gasteiger partial charge is 0.410 e. The van der Waals surface area contributed by atoms with E-state index in [1.54, 1.807) is 6.07 Å². The summed E-state index contributed by atoms with van der Waals surface area (Å²) in [6.45, 7) is 6.70. The van der Waals surface area contributed by atoms with Crippen LogP contribution in [0.4, 0.5) is 4.79 Å². The summed E-state index contributed by atoms with van der Waals surface area (Å²) in [5.41, 5.74) is 4.22. The van der Waals surface area contributed by atoms with Crippen LogP contribution in [0.2, 0.25) is 0 Å². The third-order valence-electron chi connectivity index (χ3n) is 5.96. The first-order valence-electron chi connectivity index (χ1n) is 11.7. The molecule has 0 spiro atoms. The van der Waals surface area contributed by atoms with Gasteiger partial charge in [-0.15, -0.1) is 0 Å². The molecule has 0 saturated carbocycles. The van der Waals surface area contributed by atoms with E-state index >= 15 is 0 Å². The van der Waals surface area contributed by atoms with E-state index in [-0.39, 0.29) is 19.1 Å². The summed E-state index contributed by atoms with van der Waals surface area (Å²) >= 11 is 0. The Hall–Kier alpha value is -3.81. The minimum atomic E-state index is -0.859. The Bertz CT molecular complexity index is 1190. The molecule has 0 fully saturated rings. The highest BCUT2D eigenvalue weighted by molar-refractivity contribution is 5.84. The van der Waals surface area contributed by atoms with Crippen molar-refractivity contribution in [3.63, 3.8) is 0 Å². The second-order valence-electron chi connectivity index (χ2n) is 8.92. The molecule has 0 bridgehead atoms. The Labute approximate surface area is 204 Å². The summed E-state index contributed by atoms with van der Waals surface area (Å²) in [5.74, 6) is 1.04. The van der Waals surface area contributed by atoms with Crippen molar-refractivity contribution in [3.05, 3.63) is 71.0 Å². The summed E-state index contributed by atoms with van der Waals surface area (Å²) in [6.07, 6.45) is 0.0506. The van der Waals surface area contributed by atoms with Crippen LogP contribution in [-0.4, -0.2) is 42.4 Å². The van der Waals surface area contributed by atoms with Crippen molar-refractivity contribution >= 4 is 12.1 Å². The fourth-order valence-corrected chi connectivity index (χ4v) is 4.12. The van der Waals surface area contributed by atoms with Crippen LogP contribution in [-0.2, 0) is 27.3 Å². The number of hydrogen-bond donors (Lipinski definition) is 0. The molecule has 0 aliphatic carbocycles. The van der Waals surface area contributed by atoms with E-state index in [1.165, 1.54) is 12.0 Å². The molecule has 2 aromatic carbocycles. The van der Waals surface area contributed by atoms with Gasteiger partial charge in [0.2, 0.25) is 0 Å². The van der Waals surface area contributed by atoms with Gasteiger partial charge in [-0.3, -0.25) is 4.90 Å². The van der Waals surface area contributed by atoms with Crippen LogP contribution in [0, 0.1) is 12.8 Å². The minimum absolute atomic E-state index is 0.198. The average molecular weight is 479 g/mol. The number of carbonyl (C=O) groups excluding carboxylic acids is 2. The second-order valence-corrected chi connectivity index (χ2v) is 8.92. The van der Waals surface area contributed by atoms with Gasteiger partial charge in [-0.1, -0.05) is 55.4 Å². The lowest BCUT2D eigenvalue weighted by Gasteiger charge is -2.35. The number of esters is 1. The zero-order valence-electron chi connectivity index (χ0n) is 20.4. The normalized spacial score (nSPS) is 15.0. The molecule has 8 heteroatoms. The Morgan fingerprint density at radius 1 is 1.17 bits per heavy atom. The Morgan fingerprint density at radius 3 is 2.66 bits per heavy atom. The zero-order valence-corrected chi connectivity index (χ0v) is 20.4. The second kappa shape index (κ2) is 10.6. The van der Waals surface area contributed by atoms with E-state index in [1.807, 2.05) is 63.2 Å². The molecule has 0 saturated heterocycles. The van der Waals surface area contributed by atoms with Gasteiger partial charge in [-0.2, -0.15) is 0 Å². The third kappa shape index (κ3) is 5.31. The van der Waals surface area contributed by atoms with Crippen LogP contribution in [0.1, 0.15) is 42.3 Å². The zero-order chi connectivity index (χ0) is 24.9. The van der Waals surface area contributed by atoms with Crippen molar-refractivity contribution in [2.75, 3.05) is 20.3 Å². The number of benzene rings is 2. The van der Waals surface area contributed by atoms with E-state index in [4.69, 9.17) is 18.7 Å². The number of nitrogens with zero attached hydrogens (tertiary/aromatic N) is 2. The number of fused-ring (bicyclic) bond motifs is 1. The summed E-state index contributed by atoms with van der Waals surface area (Å²) < 4.78 is 21.9. The van der Waals surface area contributed by atoms with Crippen molar-refractivity contribution in [1.82, 2.24) is 10.1 Å². The molecule has 1 amide bonds. The molecule has 184 valence electrons. The lowest BCUT2D eigenvalue weighted by molar-refractivity contribution is -0.147. The van der Waals surface area contributed by atoms with Crippen molar-refractivity contribution in [1.29, 1.82) is 0 Å². The van der Waals surface area contributed by atoms with Crippen LogP contribution in [0.5, 0.6) is 5.75 Å². The maximum atomic E-state index is 12.7. The van der Waals surface area contributed by atoms with Gasteiger partial charge in [0.15, 0.2) is 6.04 Å². The van der Waals surface area contributed by atoms with Crippen molar-refractivity contribution in [2.24, 2.45) is 5.92 Å². The molecule has 1 aromatic heterocycles. The molecule has 3 aromatic rings. The highest BCUT2D eigenvalue weighted by atomic mass is 16.6. The Balaban J connectivity index is 1.53. The fourth-order valence-electron chi connectivity index (χ4n) is 4.12. The number of hydrogen-bond acceptors (Lipinski definition) is 7. The Kier molecular flexibility index (Phi) is 7.39. The topological polar surface area (TPSA) is 91.1 Å². The SMILES string of the molecule is COC(=O)C1c2ccc(OCc3c(-c4ccccc4)noc3C)cc2CCN1C(=O)OCC(C)C. The molecular formula is C27H30N2O6. The standard InChI is InChI=1S/C27H30N2O6/c1-17(2)15-34-27(31)29-13-12-20-14-21(10-11-22(20)25(29)26(30)32-4)33-16-23-18(3)35-28-24(23)19-8-6-5-7-9-19/h5-11,14,17,25H,12-13,15-16H2,1-4H3. The van der Waals surface area contributed by atoms with E-state index < -0.39 is 18.1 Å². The summed E-state index contributed by atoms with van der Waals surface area (Å²) in [5, 5.41) is 4.20. The van der Waals surface area contributed by atoms with Gasteiger partial charge in [-0.25, -0.2) is 9.59 Å². The Morgan fingerprint density at radius 2 is 1.94 bits per heavy atom. The first-order valence-corrected chi connectivity index (χ1v) is 11.7. The minimum Gasteiger partial charge on any atom is -0.489 e. The predicted molar refractivity (Wildman–Crippen MR) is 129 cm³/mol. The van der Waals surface area contributed by atoms with Gasteiger partial charge < -0.3 is 18.7 Å². The number of methoxy groups -OCH3 is 1. The van der Waals surface area contributed by atoms with Crippen molar-refractivity contribution in [2.45, 2.75) is 39.8 Å². The number of aromatic nitrogens is 1. The molecule has 1 unspecified atom stereocenters. The largest absolute Gasteiger partial charge is 0.489 e. The summed E-state index contributed by atoms with van der Waals surface area (Å²) in [4.78, 5) is 26.8. The quantitative estimate of drug-likeness (QED) is 0.437. The molecule has 35 heavy (non-hydrogen) atoms. The predicted octanol–water partition coefficient (Wildman–Crippen LogP) is 5.09. The number of rotatable bonds is 7. The summed E-state index contributed by atoms with van der Waals surface area (Å²) in [7, 11) is 1.32. The molecule has 1 aliphatic rings. The highest BCUT2D eigenvalue weighted by Crippen LogP contribution is 2.34. The first-order chi connectivity index (χ1) is 16.9. The third-order valence-corrected chi connectivity index (χ3v) is 5.96. The highest BCUT2D eigenvalue weighted by Gasteiger charge is 2.38. The molecule has 2 heterocycles. The first kappa shape index (κ1) is 24.3. The molecule has 4 rings (SSSR count). The number of amides is 1. The molecule has 8 nitrogen and oxygen atoms in total. The number of ether oxygens (including phenoxy) is 3. The van der Waals surface area contributed by atoms with Crippen LogP contribution in [0.3, 0.4) is 0 Å². The maximum Gasteiger partial charge on any atom is 0.410 e. The van der Waals surface area contributed by atoms with E-state index in [9.17, 15) is 9.59 Å². The van der Waals surface area contributed by atoms with Crippen LogP contribution in [0.15, 0.2) is 53.1 Å². The van der Waals surface area contributed by atoms with Crippen molar-refractivity contribution < 1.29 is 28.3 Å². The number of carbonyl (C=O) groups is 2. The average Bonchev–Trinajstić information content (AvgIpc) is 3.25. The monoisotopic (exact) mass is 478 g/mol. The van der Waals surface area contributed by atoms with Gasteiger partial charge in [-0.05, 0) is 42.5 Å². The van der Waals surface area contributed by atoms with Crippen LogP contribution < -0.4 is 4.74 Å². The van der Waals surface area contributed by atoms with E-state index in [0.717, 1.165) is 22.4 Å². The summed E-state index contributed by atoms with van der Waals surface area (Å²) in [6, 6.07) is 14.5. The molecular weight excluding hydrogens is 448 g/mol. The molecule has 1 aliphatic heterocycles. The van der Waals surface area contributed by atoms with Gasteiger partial charge in [0.25, 0.3) is 0 Å². The lowest BCUT2D eigenvalue weighted by atomic mass is 9.92. The van der Waals surface area contributed by atoms with E-state index in [2.05, 4.69) is 5.16 Å². The number of aryl methyl sites for hydroxylation is 1. The van der Waals surface area contributed by atoms with Crippen molar-refractivity contribution in [3.8, 4) is 17.0 Å². The van der Waals surface area contributed by atoms with Gasteiger partial charge in [0.05, 0.1) is 19.3 Å². The van der Waals surface area contributed by atoms with E-state index in [0.29, 0.717) is 30.0 Å². The molecule has 1 atom stereocenters. The van der Waals surface area contributed by atoms with Gasteiger partial charge in [0.1, 0.15) is 23.8 Å². The van der Waals surface area contributed by atoms with Crippen LogP contribution in [0.25, 0.3) is 11.3 Å². The van der Waals surface area contributed by atoms with Gasteiger partial charge in [0, 0.05) is 12.1 Å². The molecule has 0 N–H and O–H groups in total. The van der Waals surface area contributed by atoms with Crippen LogP contribution >= 0.6 is 0 Å². The molecule has 0 radical (unpaired) electrons. The fraction of sp³-hybridized carbons (Fsp3) is 0.370. The van der Waals surface area contributed by atoms with Gasteiger partial charge >= 0.3 is 12.1 Å².